The summed E-state index contributed by atoms with van der Waals surface area (Å²) in [6, 6.07) is 6.81. The summed E-state index contributed by atoms with van der Waals surface area (Å²) in [5.74, 6) is 0. The van der Waals surface area contributed by atoms with Gasteiger partial charge in [0.05, 0.1) is 11.0 Å². The van der Waals surface area contributed by atoms with Gasteiger partial charge in [0, 0.05) is 17.1 Å². The fourth-order valence-electron chi connectivity index (χ4n) is 1.29. The van der Waals surface area contributed by atoms with Crippen LogP contribution >= 0.6 is 23.1 Å². The number of aliphatic hydroxyl groups excluding tert-OH is 1. The van der Waals surface area contributed by atoms with Crippen molar-refractivity contribution in [3.05, 3.63) is 45.5 Å². The molecule has 2 aromatic heterocycles. The molecule has 1 atom stereocenters. The van der Waals surface area contributed by atoms with Crippen molar-refractivity contribution in [2.24, 2.45) is 0 Å². The van der Waals surface area contributed by atoms with E-state index in [1.54, 1.807) is 25.3 Å². The molecule has 0 aliphatic rings. The summed E-state index contributed by atoms with van der Waals surface area (Å²) in [7, 11) is 0. The van der Waals surface area contributed by atoms with Crippen molar-refractivity contribution in [2.75, 3.05) is 0 Å². The predicted octanol–water partition coefficient (Wildman–Crippen LogP) is 3.26. The van der Waals surface area contributed by atoms with E-state index in [9.17, 15) is 15.2 Å². The average Bonchev–Trinajstić information content (AvgIpc) is 2.74. The molecule has 2 aromatic rings. The number of hydrogen-bond acceptors (Lipinski definition) is 6. The Hall–Kier alpha value is -1.44. The van der Waals surface area contributed by atoms with Crippen molar-refractivity contribution in [3.63, 3.8) is 0 Å². The third kappa shape index (κ3) is 2.87. The van der Waals surface area contributed by atoms with Crippen LogP contribution in [0.2, 0.25) is 0 Å². The van der Waals surface area contributed by atoms with Crippen LogP contribution in [0.5, 0.6) is 0 Å². The largest absolute Gasteiger partial charge is 0.388 e. The lowest BCUT2D eigenvalue weighted by Gasteiger charge is -1.97. The predicted molar refractivity (Wildman–Crippen MR) is 70.0 cm³/mol. The van der Waals surface area contributed by atoms with E-state index in [-0.39, 0.29) is 5.69 Å². The number of thiophene rings is 1. The molecule has 0 saturated carbocycles. The van der Waals surface area contributed by atoms with Gasteiger partial charge >= 0.3 is 0 Å². The second-order valence-electron chi connectivity index (χ2n) is 3.52. The van der Waals surface area contributed by atoms with Gasteiger partial charge < -0.3 is 5.11 Å². The number of nitro groups is 1. The second-order valence-corrected chi connectivity index (χ2v) is 5.90. The molecule has 0 fully saturated rings. The van der Waals surface area contributed by atoms with Crippen LogP contribution in [0.15, 0.2) is 39.7 Å². The Morgan fingerprint density at radius 3 is 2.89 bits per heavy atom. The first-order chi connectivity index (χ1) is 8.58. The molecule has 18 heavy (non-hydrogen) atoms. The fraction of sp³-hybridized carbons (Fsp3) is 0.182. The standard InChI is InChI=1S/C11H10N2O3S2/c1-7(14)9-6-8(13(15)16)11(17-9)18-10-4-2-3-5-12-10/h2-7,14H,1H3/t7-/m0/s1. The molecule has 0 aliphatic heterocycles. The van der Waals surface area contributed by atoms with Crippen LogP contribution in [-0.4, -0.2) is 15.0 Å². The molecule has 5 nitrogen and oxygen atoms in total. The van der Waals surface area contributed by atoms with E-state index in [0.717, 1.165) is 0 Å². The van der Waals surface area contributed by atoms with Crippen LogP contribution < -0.4 is 0 Å². The minimum atomic E-state index is -0.702. The van der Waals surface area contributed by atoms with Crippen LogP contribution in [-0.2, 0) is 0 Å². The number of aliphatic hydroxyl groups is 1. The first-order valence-corrected chi connectivity index (χ1v) is 6.76. The topological polar surface area (TPSA) is 76.3 Å². The van der Waals surface area contributed by atoms with Gasteiger partial charge in [0.2, 0.25) is 0 Å². The Kier molecular flexibility index (Phi) is 3.95. The number of rotatable bonds is 4. The van der Waals surface area contributed by atoms with Crippen LogP contribution in [0.25, 0.3) is 0 Å². The average molecular weight is 282 g/mol. The Morgan fingerprint density at radius 1 is 1.56 bits per heavy atom. The molecule has 2 rings (SSSR count). The molecule has 0 aromatic carbocycles. The van der Waals surface area contributed by atoms with Crippen LogP contribution in [0.3, 0.4) is 0 Å². The van der Waals surface area contributed by atoms with Gasteiger partial charge in [0.1, 0.15) is 9.24 Å². The molecule has 1 N–H and O–H groups in total. The maximum absolute atomic E-state index is 10.9. The highest BCUT2D eigenvalue weighted by atomic mass is 32.2. The summed E-state index contributed by atoms with van der Waals surface area (Å²) in [6.45, 7) is 1.59. The smallest absolute Gasteiger partial charge is 0.294 e. The van der Waals surface area contributed by atoms with E-state index in [1.807, 2.05) is 6.07 Å². The molecular formula is C11H10N2O3S2. The lowest BCUT2D eigenvalue weighted by Crippen LogP contribution is -1.87. The van der Waals surface area contributed by atoms with Crippen LogP contribution in [0.4, 0.5) is 5.69 Å². The lowest BCUT2D eigenvalue weighted by molar-refractivity contribution is -0.387. The molecule has 0 radical (unpaired) electrons. The van der Waals surface area contributed by atoms with Gasteiger partial charge in [-0.2, -0.15) is 0 Å². The van der Waals surface area contributed by atoms with Crippen molar-refractivity contribution in [3.8, 4) is 0 Å². The number of hydrogen-bond donors (Lipinski definition) is 1. The Balaban J connectivity index is 2.34. The van der Waals surface area contributed by atoms with Crippen molar-refractivity contribution < 1.29 is 10.0 Å². The summed E-state index contributed by atoms with van der Waals surface area (Å²) >= 11 is 2.46. The monoisotopic (exact) mass is 282 g/mol. The summed E-state index contributed by atoms with van der Waals surface area (Å²) in [5.41, 5.74) is 0.0200. The molecule has 0 spiro atoms. The van der Waals surface area contributed by atoms with E-state index in [0.29, 0.717) is 14.1 Å². The quantitative estimate of drug-likeness (QED) is 0.688. The minimum Gasteiger partial charge on any atom is -0.388 e. The molecule has 0 saturated heterocycles. The summed E-state index contributed by atoms with van der Waals surface area (Å²) in [4.78, 5) is 15.2. The van der Waals surface area contributed by atoms with Crippen molar-refractivity contribution in [2.45, 2.75) is 22.3 Å². The van der Waals surface area contributed by atoms with E-state index < -0.39 is 11.0 Å². The summed E-state index contributed by atoms with van der Waals surface area (Å²) < 4.78 is 0.537. The zero-order valence-corrected chi connectivity index (χ0v) is 11.1. The summed E-state index contributed by atoms with van der Waals surface area (Å²) in [5, 5.41) is 21.1. The maximum Gasteiger partial charge on any atom is 0.294 e. The van der Waals surface area contributed by atoms with E-state index >= 15 is 0 Å². The SMILES string of the molecule is C[C@H](O)c1cc([N+](=O)[O-])c(Sc2ccccn2)s1. The van der Waals surface area contributed by atoms with Gasteiger partial charge in [0.15, 0.2) is 0 Å². The molecule has 2 heterocycles. The van der Waals surface area contributed by atoms with Crippen molar-refractivity contribution in [1.29, 1.82) is 0 Å². The Morgan fingerprint density at radius 2 is 2.33 bits per heavy atom. The zero-order valence-electron chi connectivity index (χ0n) is 9.44. The lowest BCUT2D eigenvalue weighted by atomic mass is 10.3. The molecule has 0 unspecified atom stereocenters. The minimum absolute atomic E-state index is 0.0200. The fourth-order valence-corrected chi connectivity index (χ4v) is 3.48. The molecule has 0 amide bonds. The van der Waals surface area contributed by atoms with Gasteiger partial charge in [-0.3, -0.25) is 10.1 Å². The second kappa shape index (κ2) is 5.47. The normalized spacial score (nSPS) is 12.3. The van der Waals surface area contributed by atoms with E-state index in [1.165, 1.54) is 29.2 Å². The Bertz CT molecular complexity index is 555. The third-order valence-electron chi connectivity index (χ3n) is 2.14. The van der Waals surface area contributed by atoms with Gasteiger partial charge in [0.25, 0.3) is 5.69 Å². The van der Waals surface area contributed by atoms with E-state index in [4.69, 9.17) is 0 Å². The molecule has 7 heteroatoms. The first-order valence-electron chi connectivity index (χ1n) is 5.13. The van der Waals surface area contributed by atoms with Gasteiger partial charge in [-0.05, 0) is 19.1 Å². The van der Waals surface area contributed by atoms with Crippen molar-refractivity contribution in [1.82, 2.24) is 4.98 Å². The van der Waals surface area contributed by atoms with Gasteiger partial charge in [-0.1, -0.05) is 17.8 Å². The van der Waals surface area contributed by atoms with E-state index in [2.05, 4.69) is 4.98 Å². The number of pyridine rings is 1. The number of nitrogens with zero attached hydrogens (tertiary/aromatic N) is 2. The van der Waals surface area contributed by atoms with Crippen LogP contribution in [0, 0.1) is 10.1 Å². The van der Waals surface area contributed by atoms with Gasteiger partial charge in [-0.15, -0.1) is 11.3 Å². The molecule has 0 aliphatic carbocycles. The highest BCUT2D eigenvalue weighted by Crippen LogP contribution is 2.42. The first kappa shape index (κ1) is 13.0. The zero-order chi connectivity index (χ0) is 13.1. The molecular weight excluding hydrogens is 272 g/mol. The third-order valence-corrected chi connectivity index (χ3v) is 4.58. The Labute approximate surface area is 112 Å². The molecule has 94 valence electrons. The van der Waals surface area contributed by atoms with Crippen molar-refractivity contribution >= 4 is 28.8 Å². The van der Waals surface area contributed by atoms with Crippen LogP contribution in [0.1, 0.15) is 17.9 Å². The number of aromatic nitrogens is 1. The molecule has 0 bridgehead atoms. The maximum atomic E-state index is 10.9. The summed E-state index contributed by atoms with van der Waals surface area (Å²) in [6.07, 6.45) is 0.934. The van der Waals surface area contributed by atoms with Gasteiger partial charge in [-0.25, -0.2) is 4.98 Å². The highest BCUT2D eigenvalue weighted by molar-refractivity contribution is 8.01. The highest BCUT2D eigenvalue weighted by Gasteiger charge is 2.22.